The molecule has 27 heavy (non-hydrogen) atoms. The van der Waals surface area contributed by atoms with E-state index in [9.17, 15) is 8.42 Å². The minimum Gasteiger partial charge on any atom is -0.493 e. The summed E-state index contributed by atoms with van der Waals surface area (Å²) in [5.74, 6) is 1.32. The molecule has 0 spiro atoms. The number of ether oxygens (including phenoxy) is 2. The SMILES string of the molecule is CCOc1ccc(-c2nc(CN(C)S(=O)(=O)c3cccs3)cs2)cc1OC. The zero-order valence-corrected chi connectivity index (χ0v) is 17.7. The summed E-state index contributed by atoms with van der Waals surface area (Å²) >= 11 is 2.67. The molecule has 0 saturated heterocycles. The third-order valence-corrected chi connectivity index (χ3v) is 7.92. The van der Waals surface area contributed by atoms with Crippen LogP contribution < -0.4 is 9.47 Å². The van der Waals surface area contributed by atoms with E-state index in [2.05, 4.69) is 4.98 Å². The number of nitrogens with zero attached hydrogens (tertiary/aromatic N) is 2. The molecule has 0 N–H and O–H groups in total. The minimum atomic E-state index is -3.49. The quantitative estimate of drug-likeness (QED) is 0.545. The Hall–Kier alpha value is -1.94. The van der Waals surface area contributed by atoms with E-state index in [1.807, 2.05) is 30.5 Å². The van der Waals surface area contributed by atoms with Crippen molar-refractivity contribution < 1.29 is 17.9 Å². The van der Waals surface area contributed by atoms with Crippen LogP contribution in [-0.4, -0.2) is 38.5 Å². The monoisotopic (exact) mass is 424 g/mol. The molecule has 2 heterocycles. The molecule has 0 bridgehead atoms. The van der Waals surface area contributed by atoms with Gasteiger partial charge in [-0.15, -0.1) is 22.7 Å². The summed E-state index contributed by atoms with van der Waals surface area (Å²) in [6.07, 6.45) is 0. The lowest BCUT2D eigenvalue weighted by Gasteiger charge is -2.14. The highest BCUT2D eigenvalue weighted by Gasteiger charge is 2.22. The van der Waals surface area contributed by atoms with E-state index >= 15 is 0 Å². The predicted molar refractivity (Wildman–Crippen MR) is 108 cm³/mol. The molecule has 0 unspecified atom stereocenters. The number of thiophene rings is 1. The number of hydrogen-bond acceptors (Lipinski definition) is 7. The van der Waals surface area contributed by atoms with Gasteiger partial charge in [0.1, 0.15) is 9.22 Å². The first-order chi connectivity index (χ1) is 13.0. The van der Waals surface area contributed by atoms with Gasteiger partial charge in [-0.3, -0.25) is 0 Å². The Bertz CT molecular complexity index is 998. The Morgan fingerprint density at radius 1 is 1.19 bits per heavy atom. The average molecular weight is 425 g/mol. The fourth-order valence-corrected chi connectivity index (χ4v) is 5.62. The van der Waals surface area contributed by atoms with Crippen LogP contribution in [0, 0.1) is 0 Å². The van der Waals surface area contributed by atoms with Gasteiger partial charge in [-0.05, 0) is 36.6 Å². The van der Waals surface area contributed by atoms with Gasteiger partial charge >= 0.3 is 0 Å². The summed E-state index contributed by atoms with van der Waals surface area (Å²) in [4.78, 5) is 4.59. The molecule has 0 aliphatic carbocycles. The molecular formula is C18H20N2O4S3. The highest BCUT2D eigenvalue weighted by Crippen LogP contribution is 2.34. The van der Waals surface area contributed by atoms with Crippen molar-refractivity contribution in [3.05, 3.63) is 46.8 Å². The molecule has 9 heteroatoms. The summed E-state index contributed by atoms with van der Waals surface area (Å²) in [5, 5.41) is 4.42. The number of aromatic nitrogens is 1. The topological polar surface area (TPSA) is 68.7 Å². The van der Waals surface area contributed by atoms with E-state index in [1.54, 1.807) is 31.7 Å². The lowest BCUT2D eigenvalue weighted by molar-refractivity contribution is 0.311. The molecule has 0 saturated carbocycles. The van der Waals surface area contributed by atoms with Crippen molar-refractivity contribution >= 4 is 32.7 Å². The Kier molecular flexibility index (Phi) is 6.15. The average Bonchev–Trinajstić information content (AvgIpc) is 3.34. The maximum Gasteiger partial charge on any atom is 0.252 e. The van der Waals surface area contributed by atoms with Crippen LogP contribution in [0.15, 0.2) is 45.3 Å². The van der Waals surface area contributed by atoms with Crippen molar-refractivity contribution in [2.24, 2.45) is 0 Å². The second kappa shape index (κ2) is 8.39. The summed E-state index contributed by atoms with van der Waals surface area (Å²) in [7, 11) is -0.332. The van der Waals surface area contributed by atoms with Crippen molar-refractivity contribution in [3.63, 3.8) is 0 Å². The van der Waals surface area contributed by atoms with Crippen LogP contribution in [-0.2, 0) is 16.6 Å². The molecule has 3 aromatic rings. The fourth-order valence-electron chi connectivity index (χ4n) is 2.46. The van der Waals surface area contributed by atoms with Crippen LogP contribution >= 0.6 is 22.7 Å². The molecule has 2 aromatic heterocycles. The Morgan fingerprint density at radius 2 is 2.00 bits per heavy atom. The van der Waals surface area contributed by atoms with Crippen LogP contribution in [0.2, 0.25) is 0 Å². The van der Waals surface area contributed by atoms with Crippen molar-refractivity contribution in [1.82, 2.24) is 9.29 Å². The first-order valence-electron chi connectivity index (χ1n) is 8.21. The molecule has 0 fully saturated rings. The second-order valence-electron chi connectivity index (χ2n) is 5.64. The van der Waals surface area contributed by atoms with Crippen LogP contribution in [0.1, 0.15) is 12.6 Å². The van der Waals surface area contributed by atoms with E-state index in [0.29, 0.717) is 28.0 Å². The van der Waals surface area contributed by atoms with Gasteiger partial charge in [0, 0.05) is 18.0 Å². The third kappa shape index (κ3) is 4.32. The van der Waals surface area contributed by atoms with Crippen LogP contribution in [0.4, 0.5) is 0 Å². The van der Waals surface area contributed by atoms with E-state index in [-0.39, 0.29) is 6.54 Å². The Labute approximate surface area is 167 Å². The van der Waals surface area contributed by atoms with Crippen molar-refractivity contribution in [2.45, 2.75) is 17.7 Å². The molecule has 1 aromatic carbocycles. The van der Waals surface area contributed by atoms with E-state index in [0.717, 1.165) is 10.6 Å². The zero-order valence-electron chi connectivity index (χ0n) is 15.2. The number of benzene rings is 1. The van der Waals surface area contributed by atoms with Crippen LogP contribution in [0.3, 0.4) is 0 Å². The lowest BCUT2D eigenvalue weighted by Crippen LogP contribution is -2.25. The summed E-state index contributed by atoms with van der Waals surface area (Å²) < 4.78 is 37.6. The van der Waals surface area contributed by atoms with Crippen LogP contribution in [0.25, 0.3) is 10.6 Å². The number of hydrogen-bond donors (Lipinski definition) is 0. The standard InChI is InChI=1S/C18H20N2O4S3/c1-4-24-15-8-7-13(10-16(15)23-3)18-19-14(12-26-18)11-20(2)27(21,22)17-6-5-9-25-17/h5-10,12H,4,11H2,1-3H3. The van der Waals surface area contributed by atoms with Crippen molar-refractivity contribution in [2.75, 3.05) is 20.8 Å². The Balaban J connectivity index is 1.79. The highest BCUT2D eigenvalue weighted by atomic mass is 32.2. The molecular weight excluding hydrogens is 404 g/mol. The predicted octanol–water partition coefficient (Wildman–Crippen LogP) is 4.10. The van der Waals surface area contributed by atoms with Gasteiger partial charge in [-0.1, -0.05) is 6.07 Å². The van der Waals surface area contributed by atoms with Gasteiger partial charge in [-0.25, -0.2) is 13.4 Å². The van der Waals surface area contributed by atoms with E-state index < -0.39 is 10.0 Å². The van der Waals surface area contributed by atoms with E-state index in [4.69, 9.17) is 9.47 Å². The van der Waals surface area contributed by atoms with Gasteiger partial charge in [0.25, 0.3) is 10.0 Å². The first kappa shape index (κ1) is 19.8. The number of thiazole rings is 1. The zero-order chi connectivity index (χ0) is 19.4. The van der Waals surface area contributed by atoms with Gasteiger partial charge in [0.05, 0.1) is 26.0 Å². The number of methoxy groups -OCH3 is 1. The van der Waals surface area contributed by atoms with Crippen LogP contribution in [0.5, 0.6) is 11.5 Å². The third-order valence-electron chi connectivity index (χ3n) is 3.81. The number of rotatable bonds is 8. The van der Waals surface area contributed by atoms with Gasteiger partial charge in [-0.2, -0.15) is 4.31 Å². The molecule has 0 radical (unpaired) electrons. The molecule has 3 rings (SSSR count). The molecule has 0 aliphatic rings. The smallest absolute Gasteiger partial charge is 0.252 e. The molecule has 0 amide bonds. The maximum absolute atomic E-state index is 12.5. The van der Waals surface area contributed by atoms with Crippen molar-refractivity contribution in [3.8, 4) is 22.1 Å². The first-order valence-corrected chi connectivity index (χ1v) is 11.4. The van der Waals surface area contributed by atoms with E-state index in [1.165, 1.54) is 27.0 Å². The lowest BCUT2D eigenvalue weighted by atomic mass is 10.2. The van der Waals surface area contributed by atoms with Crippen molar-refractivity contribution in [1.29, 1.82) is 0 Å². The fraction of sp³-hybridized carbons (Fsp3) is 0.278. The van der Waals surface area contributed by atoms with Gasteiger partial charge in [0.15, 0.2) is 11.5 Å². The maximum atomic E-state index is 12.5. The second-order valence-corrected chi connectivity index (χ2v) is 9.71. The highest BCUT2D eigenvalue weighted by molar-refractivity contribution is 7.91. The van der Waals surface area contributed by atoms with Gasteiger partial charge < -0.3 is 9.47 Å². The Morgan fingerprint density at radius 3 is 2.67 bits per heavy atom. The number of sulfonamides is 1. The summed E-state index contributed by atoms with van der Waals surface area (Å²) in [6.45, 7) is 2.69. The molecule has 144 valence electrons. The largest absolute Gasteiger partial charge is 0.493 e. The molecule has 0 atom stereocenters. The molecule has 0 aliphatic heterocycles. The summed E-state index contributed by atoms with van der Waals surface area (Å²) in [6, 6.07) is 8.98. The summed E-state index contributed by atoms with van der Waals surface area (Å²) in [5.41, 5.74) is 1.60. The minimum absolute atomic E-state index is 0.213. The normalized spacial score (nSPS) is 11.7. The van der Waals surface area contributed by atoms with Gasteiger partial charge in [0.2, 0.25) is 0 Å². The molecule has 6 nitrogen and oxygen atoms in total.